The van der Waals surface area contributed by atoms with Gasteiger partial charge in [-0.15, -0.1) is 0 Å². The molecule has 2 N–H and O–H groups in total. The highest BCUT2D eigenvalue weighted by atomic mass is 15.2. The molecule has 4 nitrogen and oxygen atoms in total. The molecule has 20 heavy (non-hydrogen) atoms. The van der Waals surface area contributed by atoms with E-state index in [1.165, 1.54) is 0 Å². The summed E-state index contributed by atoms with van der Waals surface area (Å²) in [5, 5.41) is 0. The van der Waals surface area contributed by atoms with E-state index >= 15 is 0 Å². The van der Waals surface area contributed by atoms with E-state index < -0.39 is 0 Å². The molecular formula is C16H26N4. The standard InChI is InChI=1S/C16H26N4/c1-14(2,3)20-12-8-9-18-10-11(12)19-13(20)15(4,5)16(6,7)17/h8-10H,17H2,1-7H3. The van der Waals surface area contributed by atoms with Crippen molar-refractivity contribution in [3.63, 3.8) is 0 Å². The zero-order valence-corrected chi connectivity index (χ0v) is 13.7. The van der Waals surface area contributed by atoms with E-state index in [9.17, 15) is 0 Å². The molecule has 2 aromatic rings. The summed E-state index contributed by atoms with van der Waals surface area (Å²) in [6.45, 7) is 15.0. The third-order valence-electron chi connectivity index (χ3n) is 4.30. The first-order chi connectivity index (χ1) is 8.96. The van der Waals surface area contributed by atoms with Crippen LogP contribution in [0.1, 0.15) is 54.3 Å². The Bertz CT molecular complexity index is 624. The molecule has 0 aliphatic rings. The van der Waals surface area contributed by atoms with E-state index in [1.54, 1.807) is 0 Å². The molecule has 0 saturated heterocycles. The maximum Gasteiger partial charge on any atom is 0.117 e. The third kappa shape index (κ3) is 2.22. The first-order valence-corrected chi connectivity index (χ1v) is 7.08. The van der Waals surface area contributed by atoms with Crippen LogP contribution < -0.4 is 5.73 Å². The lowest BCUT2D eigenvalue weighted by Gasteiger charge is -2.40. The van der Waals surface area contributed by atoms with Gasteiger partial charge < -0.3 is 10.3 Å². The maximum absolute atomic E-state index is 6.41. The van der Waals surface area contributed by atoms with Gasteiger partial charge in [0, 0.05) is 22.7 Å². The first kappa shape index (κ1) is 15.0. The van der Waals surface area contributed by atoms with Crippen LogP contribution in [0.4, 0.5) is 0 Å². The van der Waals surface area contributed by atoms with E-state index in [4.69, 9.17) is 10.7 Å². The number of hydrogen-bond donors (Lipinski definition) is 1. The van der Waals surface area contributed by atoms with Crippen molar-refractivity contribution in [1.82, 2.24) is 14.5 Å². The summed E-state index contributed by atoms with van der Waals surface area (Å²) in [7, 11) is 0. The van der Waals surface area contributed by atoms with Crippen LogP contribution in [0.2, 0.25) is 0 Å². The second kappa shape index (κ2) is 4.29. The number of fused-ring (bicyclic) bond motifs is 1. The van der Waals surface area contributed by atoms with E-state index in [1.807, 2.05) is 18.5 Å². The Hall–Kier alpha value is -1.42. The van der Waals surface area contributed by atoms with Crippen LogP contribution in [0.3, 0.4) is 0 Å². The van der Waals surface area contributed by atoms with Gasteiger partial charge in [-0.2, -0.15) is 0 Å². The summed E-state index contributed by atoms with van der Waals surface area (Å²) in [6.07, 6.45) is 3.64. The molecule has 4 heteroatoms. The number of imidazole rings is 1. The normalized spacial score (nSPS) is 14.0. The average molecular weight is 274 g/mol. The Balaban J connectivity index is 2.84. The topological polar surface area (TPSA) is 56.7 Å². The van der Waals surface area contributed by atoms with Crippen LogP contribution in [0.25, 0.3) is 11.0 Å². The lowest BCUT2D eigenvalue weighted by Crippen LogP contribution is -2.52. The van der Waals surface area contributed by atoms with E-state index in [-0.39, 0.29) is 16.5 Å². The minimum Gasteiger partial charge on any atom is -0.325 e. The number of nitrogens with two attached hydrogens (primary N) is 1. The molecule has 2 heterocycles. The smallest absolute Gasteiger partial charge is 0.117 e. The van der Waals surface area contributed by atoms with Crippen molar-refractivity contribution in [1.29, 1.82) is 0 Å². The molecule has 0 spiro atoms. The van der Waals surface area contributed by atoms with Crippen LogP contribution in [0.5, 0.6) is 0 Å². The Kier molecular flexibility index (Phi) is 3.21. The van der Waals surface area contributed by atoms with Gasteiger partial charge >= 0.3 is 0 Å². The maximum atomic E-state index is 6.41. The second-order valence-electron chi connectivity index (χ2n) is 7.65. The fourth-order valence-electron chi connectivity index (χ4n) is 2.32. The molecule has 0 aromatic carbocycles. The summed E-state index contributed by atoms with van der Waals surface area (Å²) in [5.41, 5.74) is 7.76. The first-order valence-electron chi connectivity index (χ1n) is 7.08. The van der Waals surface area contributed by atoms with Crippen LogP contribution in [-0.4, -0.2) is 20.1 Å². The van der Waals surface area contributed by atoms with Crippen LogP contribution in [-0.2, 0) is 11.0 Å². The molecule has 110 valence electrons. The fraction of sp³-hybridized carbons (Fsp3) is 0.625. The van der Waals surface area contributed by atoms with E-state index in [0.717, 1.165) is 16.9 Å². The largest absolute Gasteiger partial charge is 0.325 e. The summed E-state index contributed by atoms with van der Waals surface area (Å²) in [6, 6.07) is 2.02. The molecule has 0 aliphatic heterocycles. The summed E-state index contributed by atoms with van der Waals surface area (Å²) in [5.74, 6) is 1.01. The van der Waals surface area contributed by atoms with Crippen molar-refractivity contribution in [3.8, 4) is 0 Å². The van der Waals surface area contributed by atoms with Crippen LogP contribution in [0, 0.1) is 0 Å². The predicted octanol–water partition coefficient (Wildman–Crippen LogP) is 3.20. The Morgan fingerprint density at radius 1 is 1.05 bits per heavy atom. The number of nitrogens with zero attached hydrogens (tertiary/aromatic N) is 3. The van der Waals surface area contributed by atoms with Crippen molar-refractivity contribution in [3.05, 3.63) is 24.3 Å². The van der Waals surface area contributed by atoms with Gasteiger partial charge in [0.2, 0.25) is 0 Å². The molecule has 0 fully saturated rings. The number of aromatic nitrogens is 3. The highest BCUT2D eigenvalue weighted by Gasteiger charge is 2.41. The van der Waals surface area contributed by atoms with Gasteiger partial charge in [-0.3, -0.25) is 4.98 Å². The fourth-order valence-corrected chi connectivity index (χ4v) is 2.32. The quantitative estimate of drug-likeness (QED) is 0.915. The summed E-state index contributed by atoms with van der Waals surface area (Å²) >= 11 is 0. The monoisotopic (exact) mass is 274 g/mol. The Labute approximate surface area is 121 Å². The van der Waals surface area contributed by atoms with Gasteiger partial charge in [0.1, 0.15) is 11.3 Å². The molecule has 2 rings (SSSR count). The van der Waals surface area contributed by atoms with E-state index in [2.05, 4.69) is 58.0 Å². The van der Waals surface area contributed by atoms with Crippen molar-refractivity contribution in [2.24, 2.45) is 5.73 Å². The molecule has 0 aliphatic carbocycles. The lowest BCUT2D eigenvalue weighted by atomic mass is 9.74. The highest BCUT2D eigenvalue weighted by Crippen LogP contribution is 2.37. The molecule has 0 radical (unpaired) electrons. The lowest BCUT2D eigenvalue weighted by molar-refractivity contribution is 0.262. The highest BCUT2D eigenvalue weighted by molar-refractivity contribution is 5.75. The Morgan fingerprint density at radius 2 is 1.65 bits per heavy atom. The van der Waals surface area contributed by atoms with Gasteiger partial charge in [-0.1, -0.05) is 13.8 Å². The van der Waals surface area contributed by atoms with E-state index in [0.29, 0.717) is 0 Å². The van der Waals surface area contributed by atoms with Crippen molar-refractivity contribution in [2.45, 2.75) is 65.0 Å². The molecule has 0 unspecified atom stereocenters. The number of hydrogen-bond acceptors (Lipinski definition) is 3. The van der Waals surface area contributed by atoms with Gasteiger partial charge in [-0.25, -0.2) is 4.98 Å². The zero-order chi connectivity index (χ0) is 15.3. The number of pyridine rings is 1. The molecule has 0 bridgehead atoms. The van der Waals surface area contributed by atoms with Crippen molar-refractivity contribution < 1.29 is 0 Å². The van der Waals surface area contributed by atoms with Gasteiger partial charge in [0.05, 0.1) is 11.7 Å². The minimum atomic E-state index is -0.370. The van der Waals surface area contributed by atoms with Gasteiger partial charge in [0.15, 0.2) is 0 Å². The van der Waals surface area contributed by atoms with Gasteiger partial charge in [0.25, 0.3) is 0 Å². The number of rotatable bonds is 2. The second-order valence-corrected chi connectivity index (χ2v) is 7.65. The molecule has 2 aromatic heterocycles. The molecule has 0 saturated carbocycles. The summed E-state index contributed by atoms with van der Waals surface area (Å²) < 4.78 is 2.29. The predicted molar refractivity (Wildman–Crippen MR) is 83.8 cm³/mol. The van der Waals surface area contributed by atoms with Crippen molar-refractivity contribution >= 4 is 11.0 Å². The third-order valence-corrected chi connectivity index (χ3v) is 4.30. The minimum absolute atomic E-state index is 0.0616. The zero-order valence-electron chi connectivity index (χ0n) is 13.7. The SMILES string of the molecule is CC(C)(C)n1c(C(C)(C)C(C)(C)N)nc2cnccc21. The molecule has 0 atom stereocenters. The Morgan fingerprint density at radius 3 is 2.15 bits per heavy atom. The van der Waals surface area contributed by atoms with Crippen molar-refractivity contribution in [2.75, 3.05) is 0 Å². The average Bonchev–Trinajstić information content (AvgIpc) is 2.66. The van der Waals surface area contributed by atoms with Crippen LogP contribution >= 0.6 is 0 Å². The summed E-state index contributed by atoms with van der Waals surface area (Å²) in [4.78, 5) is 9.02. The molecule has 0 amide bonds. The van der Waals surface area contributed by atoms with Gasteiger partial charge in [-0.05, 0) is 40.7 Å². The van der Waals surface area contributed by atoms with Crippen LogP contribution in [0.15, 0.2) is 18.5 Å². The molecular weight excluding hydrogens is 248 g/mol.